The van der Waals surface area contributed by atoms with Gasteiger partial charge in [-0.3, -0.25) is 19.4 Å². The first-order chi connectivity index (χ1) is 13.4. The van der Waals surface area contributed by atoms with Crippen LogP contribution in [0.25, 0.3) is 0 Å². The molecule has 4 rings (SSSR count). The van der Waals surface area contributed by atoms with Gasteiger partial charge >= 0.3 is 12.1 Å². The van der Waals surface area contributed by atoms with Crippen LogP contribution in [0.5, 0.6) is 0 Å². The number of carbonyl (C=O) groups excluding carboxylic acids is 4. The first-order valence-corrected chi connectivity index (χ1v) is 9.14. The van der Waals surface area contributed by atoms with Crippen molar-refractivity contribution in [2.45, 2.75) is 25.1 Å². The van der Waals surface area contributed by atoms with E-state index in [1.807, 2.05) is 0 Å². The summed E-state index contributed by atoms with van der Waals surface area (Å²) in [7, 11) is 0. The Morgan fingerprint density at radius 3 is 2.64 bits per heavy atom. The molecule has 1 unspecified atom stereocenters. The fourth-order valence-electron chi connectivity index (χ4n) is 3.75. The molecule has 2 fully saturated rings. The van der Waals surface area contributed by atoms with Crippen LogP contribution in [-0.4, -0.2) is 89.3 Å². The molecule has 10 heteroatoms. The van der Waals surface area contributed by atoms with E-state index in [9.17, 15) is 23.6 Å². The summed E-state index contributed by atoms with van der Waals surface area (Å²) in [5, 5.41) is 0. The third-order valence-corrected chi connectivity index (χ3v) is 5.26. The third-order valence-electron chi connectivity index (χ3n) is 5.26. The molecule has 2 saturated heterocycles. The fourth-order valence-corrected chi connectivity index (χ4v) is 3.75. The molecule has 0 aromatic rings. The quantitative estimate of drug-likeness (QED) is 0.705. The SMILES string of the molecule is O=C(CN1CCOC1=O)N1CCC(N2C(=O)N=C3C=CC(F)C=C3C2=O)CC1. The van der Waals surface area contributed by atoms with Crippen molar-refractivity contribution in [3.05, 3.63) is 23.8 Å². The molecule has 5 amide bonds. The number of aliphatic imine (C=N–C) groups is 1. The molecule has 28 heavy (non-hydrogen) atoms. The molecule has 0 saturated carbocycles. The fraction of sp³-hybridized carbons (Fsp3) is 0.500. The largest absolute Gasteiger partial charge is 0.448 e. The predicted octanol–water partition coefficient (Wildman–Crippen LogP) is 0.667. The average molecular weight is 390 g/mol. The molecule has 0 aromatic carbocycles. The zero-order valence-corrected chi connectivity index (χ0v) is 15.0. The zero-order chi connectivity index (χ0) is 19.8. The van der Waals surface area contributed by atoms with Gasteiger partial charge in [0.2, 0.25) is 5.91 Å². The standard InChI is InChI=1S/C18H19FN4O5/c19-11-1-2-14-13(9-11)16(25)23(17(26)20-14)12-3-5-21(6-4-12)15(24)10-22-7-8-28-18(22)27/h1-2,9,11-12H,3-8,10H2. The number of carbonyl (C=O) groups is 4. The van der Waals surface area contributed by atoms with E-state index in [1.54, 1.807) is 4.90 Å². The van der Waals surface area contributed by atoms with Gasteiger partial charge in [-0.1, -0.05) is 0 Å². The third kappa shape index (κ3) is 3.30. The van der Waals surface area contributed by atoms with Crippen molar-refractivity contribution in [3.63, 3.8) is 0 Å². The van der Waals surface area contributed by atoms with Crippen LogP contribution in [0.1, 0.15) is 12.8 Å². The predicted molar refractivity (Wildman–Crippen MR) is 94.3 cm³/mol. The van der Waals surface area contributed by atoms with E-state index in [-0.39, 0.29) is 30.3 Å². The number of hydrogen-bond acceptors (Lipinski definition) is 5. The molecule has 0 N–H and O–H groups in total. The maximum Gasteiger partial charge on any atom is 0.410 e. The Morgan fingerprint density at radius 2 is 1.96 bits per heavy atom. The highest BCUT2D eigenvalue weighted by molar-refractivity contribution is 6.33. The van der Waals surface area contributed by atoms with E-state index < -0.39 is 30.2 Å². The summed E-state index contributed by atoms with van der Waals surface area (Å²) in [5.41, 5.74) is 0.283. The Morgan fingerprint density at radius 1 is 1.21 bits per heavy atom. The molecule has 0 bridgehead atoms. The smallest absolute Gasteiger partial charge is 0.410 e. The van der Waals surface area contributed by atoms with Crippen molar-refractivity contribution in [2.75, 3.05) is 32.8 Å². The Balaban J connectivity index is 1.39. The van der Waals surface area contributed by atoms with E-state index in [0.29, 0.717) is 32.5 Å². The number of alkyl halides is 1. The maximum atomic E-state index is 13.6. The van der Waals surface area contributed by atoms with Gasteiger partial charge in [0.25, 0.3) is 5.91 Å². The van der Waals surface area contributed by atoms with E-state index in [2.05, 4.69) is 4.99 Å². The number of rotatable bonds is 3. The van der Waals surface area contributed by atoms with Crippen LogP contribution in [0.3, 0.4) is 0 Å². The van der Waals surface area contributed by atoms with E-state index in [4.69, 9.17) is 4.74 Å². The van der Waals surface area contributed by atoms with Crippen molar-refractivity contribution in [2.24, 2.45) is 4.99 Å². The molecule has 4 aliphatic rings. The number of imide groups is 1. The van der Waals surface area contributed by atoms with Gasteiger partial charge < -0.3 is 9.64 Å². The minimum Gasteiger partial charge on any atom is -0.448 e. The number of piperidine rings is 1. The number of fused-ring (bicyclic) bond motifs is 1. The zero-order valence-electron chi connectivity index (χ0n) is 15.0. The second-order valence-corrected chi connectivity index (χ2v) is 6.99. The number of cyclic esters (lactones) is 1. The van der Waals surface area contributed by atoms with Gasteiger partial charge in [0.1, 0.15) is 19.3 Å². The maximum absolute atomic E-state index is 13.6. The van der Waals surface area contributed by atoms with Crippen LogP contribution in [0.4, 0.5) is 14.0 Å². The first kappa shape index (κ1) is 18.3. The molecule has 0 aromatic heterocycles. The molecule has 1 aliphatic carbocycles. The number of allylic oxidation sites excluding steroid dienone is 3. The molecule has 148 valence electrons. The molecular weight excluding hydrogens is 371 g/mol. The van der Waals surface area contributed by atoms with Gasteiger partial charge in [-0.2, -0.15) is 4.99 Å². The van der Waals surface area contributed by atoms with E-state index in [0.717, 1.165) is 11.0 Å². The van der Waals surface area contributed by atoms with Crippen molar-refractivity contribution in [3.8, 4) is 0 Å². The average Bonchev–Trinajstić information content (AvgIpc) is 3.07. The van der Waals surface area contributed by atoms with Crippen molar-refractivity contribution in [1.29, 1.82) is 0 Å². The van der Waals surface area contributed by atoms with Gasteiger partial charge in [-0.25, -0.2) is 14.0 Å². The second kappa shape index (κ2) is 7.17. The summed E-state index contributed by atoms with van der Waals surface area (Å²) in [6.45, 7) is 1.32. The minimum atomic E-state index is -1.38. The topological polar surface area (TPSA) is 99.6 Å². The summed E-state index contributed by atoms with van der Waals surface area (Å²) in [6, 6.07) is -1.07. The van der Waals surface area contributed by atoms with Gasteiger partial charge in [0.15, 0.2) is 0 Å². The van der Waals surface area contributed by atoms with Crippen LogP contribution >= 0.6 is 0 Å². The van der Waals surface area contributed by atoms with Gasteiger partial charge in [0, 0.05) is 19.1 Å². The number of likely N-dealkylation sites (tertiary alicyclic amines) is 1. The highest BCUT2D eigenvalue weighted by Gasteiger charge is 2.40. The minimum absolute atomic E-state index is 0.0458. The van der Waals surface area contributed by atoms with Crippen LogP contribution in [-0.2, 0) is 14.3 Å². The molecule has 1 atom stereocenters. The number of nitrogens with zero attached hydrogens (tertiary/aromatic N) is 4. The number of hydrogen-bond donors (Lipinski definition) is 0. The molecule has 9 nitrogen and oxygen atoms in total. The monoisotopic (exact) mass is 390 g/mol. The van der Waals surface area contributed by atoms with Crippen LogP contribution in [0, 0.1) is 0 Å². The van der Waals surface area contributed by atoms with Crippen molar-refractivity contribution >= 4 is 29.7 Å². The Labute approximate surface area is 160 Å². The van der Waals surface area contributed by atoms with Gasteiger partial charge in [0.05, 0.1) is 17.8 Å². The Bertz CT molecular complexity index is 828. The Kier molecular flexibility index (Phi) is 4.70. The van der Waals surface area contributed by atoms with Crippen molar-refractivity contribution < 1.29 is 28.3 Å². The van der Waals surface area contributed by atoms with Gasteiger partial charge in [-0.15, -0.1) is 0 Å². The highest BCUT2D eigenvalue weighted by atomic mass is 19.1. The van der Waals surface area contributed by atoms with E-state index >= 15 is 0 Å². The number of ether oxygens (including phenoxy) is 1. The summed E-state index contributed by atoms with van der Waals surface area (Å²) in [6.07, 6.45) is 2.67. The van der Waals surface area contributed by atoms with Gasteiger partial charge in [-0.05, 0) is 31.1 Å². The normalized spacial score (nSPS) is 25.5. The number of urea groups is 1. The molecular formula is C18H19FN4O5. The molecule has 0 radical (unpaired) electrons. The van der Waals surface area contributed by atoms with Crippen molar-refractivity contribution in [1.82, 2.24) is 14.7 Å². The first-order valence-electron chi connectivity index (χ1n) is 9.14. The lowest BCUT2D eigenvalue weighted by molar-refractivity contribution is -0.133. The second-order valence-electron chi connectivity index (χ2n) is 6.99. The lowest BCUT2D eigenvalue weighted by Gasteiger charge is -2.38. The molecule has 0 spiro atoms. The number of amides is 5. The van der Waals surface area contributed by atoms with E-state index in [1.165, 1.54) is 17.1 Å². The Hall–Kier alpha value is -3.04. The summed E-state index contributed by atoms with van der Waals surface area (Å²) in [5.74, 6) is -0.749. The van der Waals surface area contributed by atoms with Crippen LogP contribution in [0.2, 0.25) is 0 Å². The van der Waals surface area contributed by atoms with Crippen LogP contribution < -0.4 is 0 Å². The lowest BCUT2D eigenvalue weighted by Crippen LogP contribution is -2.54. The highest BCUT2D eigenvalue weighted by Crippen LogP contribution is 2.26. The molecule has 3 heterocycles. The summed E-state index contributed by atoms with van der Waals surface area (Å²) >= 11 is 0. The summed E-state index contributed by atoms with van der Waals surface area (Å²) < 4.78 is 18.4. The lowest BCUT2D eigenvalue weighted by atomic mass is 9.96. The van der Waals surface area contributed by atoms with Crippen LogP contribution in [0.15, 0.2) is 28.8 Å². The molecule has 3 aliphatic heterocycles. The summed E-state index contributed by atoms with van der Waals surface area (Å²) in [4.78, 5) is 56.8. The number of halogens is 1.